The third-order valence-electron chi connectivity index (χ3n) is 3.55. The van der Waals surface area contributed by atoms with Crippen LogP contribution in [-0.4, -0.2) is 25.7 Å². The Kier molecular flexibility index (Phi) is 3.75. The molecule has 1 fully saturated rings. The Balaban J connectivity index is 2.22. The second-order valence-electron chi connectivity index (χ2n) is 4.81. The first kappa shape index (κ1) is 13.5. The molecule has 1 aromatic rings. The molecule has 1 aromatic carbocycles. The number of benzene rings is 1. The fourth-order valence-corrected chi connectivity index (χ4v) is 2.85. The molecule has 0 spiro atoms. The Morgan fingerprint density at radius 2 is 2.17 bits per heavy atom. The Morgan fingerprint density at radius 3 is 2.67 bits per heavy atom. The van der Waals surface area contributed by atoms with Gasteiger partial charge in [0.1, 0.15) is 0 Å². The minimum atomic E-state index is -4.12. The van der Waals surface area contributed by atoms with Gasteiger partial charge in [0.2, 0.25) is 0 Å². The van der Waals surface area contributed by atoms with Crippen LogP contribution in [0.3, 0.4) is 0 Å². The predicted octanol–water partition coefficient (Wildman–Crippen LogP) is 2.21. The zero-order valence-corrected chi connectivity index (χ0v) is 11.4. The van der Waals surface area contributed by atoms with Gasteiger partial charge in [-0.1, -0.05) is 13.0 Å². The minimum absolute atomic E-state index is 0.0311. The largest absolute Gasteiger partial charge is 0.377 e. The van der Waals surface area contributed by atoms with E-state index in [4.69, 9.17) is 9.29 Å². The number of ether oxygens (including phenoxy) is 1. The maximum Gasteiger partial charge on any atom is 0.294 e. The highest BCUT2D eigenvalue weighted by Gasteiger charge is 2.30. The van der Waals surface area contributed by atoms with E-state index in [1.54, 1.807) is 12.1 Å². The van der Waals surface area contributed by atoms with Gasteiger partial charge >= 0.3 is 0 Å². The summed E-state index contributed by atoms with van der Waals surface area (Å²) in [7, 11) is -4.12. The van der Waals surface area contributed by atoms with Crippen LogP contribution in [0, 0.1) is 12.8 Å². The van der Waals surface area contributed by atoms with E-state index in [1.165, 1.54) is 6.07 Å². The summed E-state index contributed by atoms with van der Waals surface area (Å²) in [5.74, 6) is 0.449. The highest BCUT2D eigenvalue weighted by molar-refractivity contribution is 7.85. The van der Waals surface area contributed by atoms with E-state index >= 15 is 0 Å². The van der Waals surface area contributed by atoms with Gasteiger partial charge in [0.05, 0.1) is 17.6 Å². The maximum atomic E-state index is 11.1. The van der Waals surface area contributed by atoms with Crippen molar-refractivity contribution in [1.82, 2.24) is 0 Å². The monoisotopic (exact) mass is 270 g/mol. The van der Waals surface area contributed by atoms with Gasteiger partial charge in [-0.25, -0.2) is 0 Å². The molecule has 1 heterocycles. The zero-order valence-electron chi connectivity index (χ0n) is 10.6. The van der Waals surface area contributed by atoms with E-state index in [1.807, 2.05) is 6.92 Å². The molecule has 4 nitrogen and oxygen atoms in total. The van der Waals surface area contributed by atoms with Crippen LogP contribution in [0.1, 0.15) is 24.5 Å². The van der Waals surface area contributed by atoms with Gasteiger partial charge in [0.15, 0.2) is 0 Å². The van der Waals surface area contributed by atoms with Gasteiger partial charge in [-0.05, 0) is 43.0 Å². The summed E-state index contributed by atoms with van der Waals surface area (Å²) < 4.78 is 36.7. The maximum absolute atomic E-state index is 11.1. The third kappa shape index (κ3) is 2.74. The van der Waals surface area contributed by atoms with E-state index in [9.17, 15) is 8.42 Å². The quantitative estimate of drug-likeness (QED) is 0.852. The van der Waals surface area contributed by atoms with E-state index < -0.39 is 10.1 Å². The molecule has 1 saturated heterocycles. The Hall–Kier alpha value is -0.910. The van der Waals surface area contributed by atoms with Crippen molar-refractivity contribution in [2.75, 3.05) is 6.61 Å². The van der Waals surface area contributed by atoms with E-state index in [0.29, 0.717) is 5.92 Å². The van der Waals surface area contributed by atoms with Crippen molar-refractivity contribution in [2.24, 2.45) is 5.92 Å². The average Bonchev–Trinajstić information content (AvgIpc) is 2.25. The van der Waals surface area contributed by atoms with Crippen LogP contribution in [-0.2, 0) is 21.3 Å². The molecule has 1 aliphatic heterocycles. The lowest BCUT2D eigenvalue weighted by molar-refractivity contribution is -0.114. The molecule has 0 radical (unpaired) electrons. The molecule has 1 N–H and O–H groups in total. The Bertz CT molecular complexity index is 534. The summed E-state index contributed by atoms with van der Waals surface area (Å²) in [6, 6.07) is 4.73. The third-order valence-corrected chi connectivity index (χ3v) is 4.40. The van der Waals surface area contributed by atoms with E-state index in [0.717, 1.165) is 30.6 Å². The lowest BCUT2D eigenvalue weighted by Gasteiger charge is -2.36. The Morgan fingerprint density at radius 1 is 1.44 bits per heavy atom. The summed E-state index contributed by atoms with van der Waals surface area (Å²) in [6.45, 7) is 4.76. The van der Waals surface area contributed by atoms with E-state index in [2.05, 4.69) is 6.92 Å². The summed E-state index contributed by atoms with van der Waals surface area (Å²) in [5, 5.41) is 0. The van der Waals surface area contributed by atoms with Crippen molar-refractivity contribution >= 4 is 10.1 Å². The lowest BCUT2D eigenvalue weighted by atomic mass is 9.88. The van der Waals surface area contributed by atoms with Crippen LogP contribution >= 0.6 is 0 Å². The standard InChI is InChI=1S/C13H18O4S/c1-3-13-11(8-17-13)6-10-7-12(18(14,15)16)5-4-9(10)2/h4-5,7,11,13H,3,6,8H2,1-2H3,(H,14,15,16). The molecular formula is C13H18O4S. The molecule has 5 heteroatoms. The predicted molar refractivity (Wildman–Crippen MR) is 68.2 cm³/mol. The zero-order chi connectivity index (χ0) is 13.3. The smallest absolute Gasteiger partial charge is 0.294 e. The average molecular weight is 270 g/mol. The van der Waals surface area contributed by atoms with E-state index in [-0.39, 0.29) is 11.0 Å². The highest BCUT2D eigenvalue weighted by Crippen LogP contribution is 2.28. The summed E-state index contributed by atoms with van der Waals surface area (Å²) in [4.78, 5) is -0.0311. The number of aryl methyl sites for hydroxylation is 1. The van der Waals surface area contributed by atoms with Crippen LogP contribution in [0.15, 0.2) is 23.1 Å². The highest BCUT2D eigenvalue weighted by atomic mass is 32.2. The van der Waals surface area contributed by atoms with Crippen LogP contribution in [0.5, 0.6) is 0 Å². The van der Waals surface area contributed by atoms with Crippen LogP contribution in [0.25, 0.3) is 0 Å². The summed E-state index contributed by atoms with van der Waals surface area (Å²) in [5.41, 5.74) is 2.01. The van der Waals surface area contributed by atoms with Crippen LogP contribution in [0.4, 0.5) is 0 Å². The van der Waals surface area contributed by atoms with Gasteiger partial charge in [-0.15, -0.1) is 0 Å². The molecular weight excluding hydrogens is 252 g/mol. The first-order valence-corrected chi connectivity index (χ1v) is 7.54. The van der Waals surface area contributed by atoms with Crippen LogP contribution < -0.4 is 0 Å². The van der Waals surface area contributed by atoms with Gasteiger partial charge in [-0.2, -0.15) is 8.42 Å². The number of rotatable bonds is 4. The van der Waals surface area contributed by atoms with Crippen LogP contribution in [0.2, 0.25) is 0 Å². The van der Waals surface area contributed by atoms with Crippen molar-refractivity contribution in [3.05, 3.63) is 29.3 Å². The molecule has 2 rings (SSSR count). The fraction of sp³-hybridized carbons (Fsp3) is 0.538. The van der Waals surface area contributed by atoms with Crippen molar-refractivity contribution < 1.29 is 17.7 Å². The molecule has 2 atom stereocenters. The topological polar surface area (TPSA) is 63.6 Å². The lowest BCUT2D eigenvalue weighted by Crippen LogP contribution is -2.40. The van der Waals surface area contributed by atoms with Crippen molar-refractivity contribution in [3.63, 3.8) is 0 Å². The fourth-order valence-electron chi connectivity index (χ4n) is 2.32. The van der Waals surface area contributed by atoms with Crippen molar-refractivity contribution in [1.29, 1.82) is 0 Å². The van der Waals surface area contributed by atoms with Gasteiger partial charge < -0.3 is 4.74 Å². The molecule has 2 unspecified atom stereocenters. The van der Waals surface area contributed by atoms with Crippen molar-refractivity contribution in [3.8, 4) is 0 Å². The first-order chi connectivity index (χ1) is 8.41. The minimum Gasteiger partial charge on any atom is -0.377 e. The molecule has 0 saturated carbocycles. The van der Waals surface area contributed by atoms with Gasteiger partial charge in [-0.3, -0.25) is 4.55 Å². The molecule has 0 aliphatic carbocycles. The number of hydrogen-bond donors (Lipinski definition) is 1. The summed E-state index contributed by atoms with van der Waals surface area (Å²) >= 11 is 0. The Labute approximate surface area is 108 Å². The van der Waals surface area contributed by atoms with Gasteiger partial charge in [0.25, 0.3) is 10.1 Å². The normalized spacial score (nSPS) is 23.7. The summed E-state index contributed by atoms with van der Waals surface area (Å²) in [6.07, 6.45) is 2.05. The molecule has 0 aromatic heterocycles. The molecule has 100 valence electrons. The molecule has 0 bridgehead atoms. The SMILES string of the molecule is CCC1OCC1Cc1cc(S(=O)(=O)O)ccc1C. The molecule has 18 heavy (non-hydrogen) atoms. The van der Waals surface area contributed by atoms with Crippen molar-refractivity contribution in [2.45, 2.75) is 37.7 Å². The van der Waals surface area contributed by atoms with Gasteiger partial charge in [0, 0.05) is 5.92 Å². The second-order valence-corrected chi connectivity index (χ2v) is 6.23. The first-order valence-electron chi connectivity index (χ1n) is 6.10. The molecule has 0 amide bonds. The number of hydrogen-bond acceptors (Lipinski definition) is 3. The molecule has 1 aliphatic rings. The second kappa shape index (κ2) is 4.99.